The molecular weight excluding hydrogens is 388 g/mol. The first kappa shape index (κ1) is 19.8. The van der Waals surface area contributed by atoms with Crippen molar-refractivity contribution >= 4 is 28.5 Å². The molecule has 1 fully saturated rings. The Kier molecular flexibility index (Phi) is 4.80. The molecule has 0 saturated carbocycles. The van der Waals surface area contributed by atoms with Crippen molar-refractivity contribution in [3.05, 3.63) is 59.9 Å². The molecule has 6 heteroatoms. The molecule has 2 amide bonds. The van der Waals surface area contributed by atoms with Gasteiger partial charge in [-0.15, -0.1) is 0 Å². The van der Waals surface area contributed by atoms with Crippen LogP contribution in [0.4, 0.5) is 5.69 Å². The number of nitrogens with zero attached hydrogens (tertiary/aromatic N) is 3. The summed E-state index contributed by atoms with van der Waals surface area (Å²) < 4.78 is 0. The van der Waals surface area contributed by atoms with Crippen LogP contribution in [0.1, 0.15) is 50.4 Å². The molecule has 6 nitrogen and oxygen atoms in total. The average Bonchev–Trinajstić information content (AvgIpc) is 3.30. The van der Waals surface area contributed by atoms with Crippen molar-refractivity contribution in [2.24, 2.45) is 0 Å². The molecule has 160 valence electrons. The number of hydrogen-bond acceptors (Lipinski definition) is 3. The molecule has 5 rings (SSSR count). The van der Waals surface area contributed by atoms with Gasteiger partial charge in [-0.2, -0.15) is 0 Å². The van der Waals surface area contributed by atoms with E-state index in [2.05, 4.69) is 4.98 Å². The van der Waals surface area contributed by atoms with Gasteiger partial charge < -0.3 is 14.8 Å². The fourth-order valence-corrected chi connectivity index (χ4v) is 4.98. The number of imidazole rings is 1. The molecule has 3 heterocycles. The first-order valence-corrected chi connectivity index (χ1v) is 11.1. The van der Waals surface area contributed by atoms with E-state index in [0.29, 0.717) is 19.5 Å². The monoisotopic (exact) mass is 416 g/mol. The van der Waals surface area contributed by atoms with Crippen LogP contribution in [0.5, 0.6) is 0 Å². The Labute approximate surface area is 182 Å². The summed E-state index contributed by atoms with van der Waals surface area (Å²) in [6.45, 7) is 5.78. The zero-order valence-electron chi connectivity index (χ0n) is 18.1. The summed E-state index contributed by atoms with van der Waals surface area (Å²) in [5.41, 5.74) is 3.43. The number of fused-ring (bicyclic) bond motifs is 2. The molecule has 0 radical (unpaired) electrons. The van der Waals surface area contributed by atoms with Crippen molar-refractivity contribution in [2.75, 3.05) is 24.5 Å². The zero-order valence-corrected chi connectivity index (χ0v) is 18.1. The van der Waals surface area contributed by atoms with Gasteiger partial charge in [0.1, 0.15) is 5.82 Å². The van der Waals surface area contributed by atoms with Gasteiger partial charge in [0.25, 0.3) is 0 Å². The molecule has 1 aromatic heterocycles. The number of rotatable bonds is 4. The summed E-state index contributed by atoms with van der Waals surface area (Å²) in [7, 11) is 0. The van der Waals surface area contributed by atoms with Crippen LogP contribution < -0.4 is 4.90 Å². The second-order valence-corrected chi connectivity index (χ2v) is 9.17. The van der Waals surface area contributed by atoms with E-state index >= 15 is 0 Å². The van der Waals surface area contributed by atoms with Gasteiger partial charge in [-0.1, -0.05) is 30.3 Å². The van der Waals surface area contributed by atoms with E-state index in [4.69, 9.17) is 4.98 Å². The number of anilines is 1. The molecule has 0 aliphatic carbocycles. The van der Waals surface area contributed by atoms with Gasteiger partial charge in [-0.05, 0) is 50.5 Å². The van der Waals surface area contributed by atoms with Crippen molar-refractivity contribution in [2.45, 2.75) is 44.4 Å². The van der Waals surface area contributed by atoms with Crippen molar-refractivity contribution in [3.63, 3.8) is 0 Å². The number of carbonyl (C=O) groups is 2. The third kappa shape index (κ3) is 3.40. The minimum Gasteiger partial charge on any atom is -0.342 e. The van der Waals surface area contributed by atoms with Crippen molar-refractivity contribution in [1.82, 2.24) is 14.9 Å². The molecule has 31 heavy (non-hydrogen) atoms. The van der Waals surface area contributed by atoms with Crippen molar-refractivity contribution < 1.29 is 9.59 Å². The van der Waals surface area contributed by atoms with Crippen LogP contribution in [0.25, 0.3) is 11.0 Å². The summed E-state index contributed by atoms with van der Waals surface area (Å²) in [5, 5.41) is 0. The molecule has 1 atom stereocenters. The van der Waals surface area contributed by atoms with E-state index < -0.39 is 5.41 Å². The number of nitrogens with one attached hydrogen (secondary N) is 1. The van der Waals surface area contributed by atoms with E-state index in [-0.39, 0.29) is 17.7 Å². The van der Waals surface area contributed by atoms with Crippen LogP contribution in [-0.4, -0.2) is 46.3 Å². The van der Waals surface area contributed by atoms with Crippen molar-refractivity contribution in [1.29, 1.82) is 0 Å². The lowest BCUT2D eigenvalue weighted by atomic mass is 9.86. The van der Waals surface area contributed by atoms with Crippen LogP contribution in [0.2, 0.25) is 0 Å². The molecule has 0 spiro atoms. The van der Waals surface area contributed by atoms with Gasteiger partial charge in [0, 0.05) is 37.7 Å². The van der Waals surface area contributed by atoms with Gasteiger partial charge in [-0.3, -0.25) is 9.59 Å². The first-order chi connectivity index (χ1) is 14.9. The number of hydrogen-bond donors (Lipinski definition) is 1. The predicted octanol–water partition coefficient (Wildman–Crippen LogP) is 3.98. The third-order valence-corrected chi connectivity index (χ3v) is 6.77. The largest absolute Gasteiger partial charge is 0.342 e. The maximum atomic E-state index is 13.0. The minimum absolute atomic E-state index is 0.0697. The first-order valence-electron chi connectivity index (χ1n) is 11.1. The maximum Gasteiger partial charge on any atom is 0.237 e. The van der Waals surface area contributed by atoms with Gasteiger partial charge in [0.05, 0.1) is 16.4 Å². The summed E-state index contributed by atoms with van der Waals surface area (Å²) in [4.78, 5) is 37.9. The highest BCUT2D eigenvalue weighted by atomic mass is 16.2. The number of carbonyl (C=O) groups excluding carboxylic acids is 2. The third-order valence-electron chi connectivity index (χ3n) is 6.77. The lowest BCUT2D eigenvalue weighted by Gasteiger charge is -2.32. The Morgan fingerprint density at radius 1 is 1.16 bits per heavy atom. The Bertz CT molecular complexity index is 1120. The fourth-order valence-electron chi connectivity index (χ4n) is 4.98. The normalized spacial score (nSPS) is 20.3. The maximum absolute atomic E-state index is 13.0. The molecule has 2 aromatic carbocycles. The van der Waals surface area contributed by atoms with E-state index in [1.165, 1.54) is 0 Å². The molecule has 1 unspecified atom stereocenters. The number of piperidine rings is 1. The van der Waals surface area contributed by atoms with Gasteiger partial charge in [0.2, 0.25) is 11.8 Å². The topological polar surface area (TPSA) is 69.3 Å². The highest BCUT2D eigenvalue weighted by Crippen LogP contribution is 2.41. The number of para-hydroxylation sites is 3. The SMILES string of the molecule is CC1(C)C(=O)N(CCC(=O)N2CCCC(c3nc4ccccc4[nH]3)C2)c2ccccc21. The van der Waals surface area contributed by atoms with E-state index in [1.54, 1.807) is 4.90 Å². The second kappa shape index (κ2) is 7.52. The highest BCUT2D eigenvalue weighted by molar-refractivity contribution is 6.07. The Hall–Kier alpha value is -3.15. The van der Waals surface area contributed by atoms with Gasteiger partial charge in [-0.25, -0.2) is 4.98 Å². The summed E-state index contributed by atoms with van der Waals surface area (Å²) in [6.07, 6.45) is 2.32. The summed E-state index contributed by atoms with van der Waals surface area (Å²) in [5.74, 6) is 1.36. The standard InChI is InChI=1S/C25H28N4O2/c1-25(2)18-9-3-6-12-21(18)29(24(25)31)15-13-22(30)28-14-7-8-17(16-28)23-26-19-10-4-5-11-20(19)27-23/h3-6,9-12,17H,7-8,13-16H2,1-2H3,(H,26,27). The molecule has 1 N–H and O–H groups in total. The van der Waals surface area contributed by atoms with E-state index in [1.807, 2.05) is 67.3 Å². The number of H-pyrrole nitrogens is 1. The van der Waals surface area contributed by atoms with Gasteiger partial charge in [0.15, 0.2) is 0 Å². The molecule has 2 aliphatic rings. The van der Waals surface area contributed by atoms with E-state index in [0.717, 1.165) is 47.5 Å². The van der Waals surface area contributed by atoms with Crippen LogP contribution in [0.15, 0.2) is 48.5 Å². The van der Waals surface area contributed by atoms with Crippen LogP contribution in [0, 0.1) is 0 Å². The lowest BCUT2D eigenvalue weighted by Crippen LogP contribution is -2.42. The number of aromatic amines is 1. The Morgan fingerprint density at radius 3 is 2.77 bits per heavy atom. The summed E-state index contributed by atoms with van der Waals surface area (Å²) >= 11 is 0. The quantitative estimate of drug-likeness (QED) is 0.699. The molecule has 3 aromatic rings. The predicted molar refractivity (Wildman–Crippen MR) is 121 cm³/mol. The van der Waals surface area contributed by atoms with Gasteiger partial charge >= 0.3 is 0 Å². The zero-order chi connectivity index (χ0) is 21.6. The van der Waals surface area contributed by atoms with E-state index in [9.17, 15) is 9.59 Å². The van der Waals surface area contributed by atoms with Crippen LogP contribution in [0.3, 0.4) is 0 Å². The smallest absolute Gasteiger partial charge is 0.237 e. The number of benzene rings is 2. The average molecular weight is 417 g/mol. The summed E-state index contributed by atoms with van der Waals surface area (Å²) in [6, 6.07) is 15.9. The minimum atomic E-state index is -0.544. The number of likely N-dealkylation sites (tertiary alicyclic amines) is 1. The number of amides is 2. The number of aromatic nitrogens is 2. The molecule has 0 bridgehead atoms. The molecule has 2 aliphatic heterocycles. The molecular formula is C25H28N4O2. The Morgan fingerprint density at radius 2 is 1.94 bits per heavy atom. The Balaban J connectivity index is 1.26. The second-order valence-electron chi connectivity index (χ2n) is 9.17. The lowest BCUT2D eigenvalue weighted by molar-refractivity contribution is -0.132. The van der Waals surface area contributed by atoms with Crippen LogP contribution >= 0.6 is 0 Å². The molecule has 1 saturated heterocycles. The fraction of sp³-hybridized carbons (Fsp3) is 0.400. The highest BCUT2D eigenvalue weighted by Gasteiger charge is 2.43. The van der Waals surface area contributed by atoms with Crippen molar-refractivity contribution in [3.8, 4) is 0 Å². The van der Waals surface area contributed by atoms with Crippen LogP contribution in [-0.2, 0) is 15.0 Å².